The highest BCUT2D eigenvalue weighted by Gasteiger charge is 2.35. The monoisotopic (exact) mass is 528 g/mol. The molecule has 2 unspecified atom stereocenters. The van der Waals surface area contributed by atoms with Gasteiger partial charge in [0.2, 0.25) is 5.91 Å². The number of fused-ring (bicyclic) bond motifs is 1. The zero-order valence-electron chi connectivity index (χ0n) is 19.5. The number of ether oxygens (including phenoxy) is 2. The van der Waals surface area contributed by atoms with Gasteiger partial charge in [-0.25, -0.2) is 4.39 Å². The molecule has 6 nitrogen and oxygen atoms in total. The van der Waals surface area contributed by atoms with Crippen molar-refractivity contribution in [2.24, 2.45) is 5.92 Å². The number of amides is 1. The zero-order chi connectivity index (χ0) is 25.8. The van der Waals surface area contributed by atoms with Crippen LogP contribution in [0.25, 0.3) is 10.8 Å². The van der Waals surface area contributed by atoms with Crippen molar-refractivity contribution in [3.8, 4) is 23.3 Å². The zero-order valence-corrected chi connectivity index (χ0v) is 21.0. The van der Waals surface area contributed by atoms with E-state index < -0.39 is 29.5 Å². The standard InChI is InChI=1S/C27H23Cl2FN2O4/c1-16(26(33)21(15-31)27(34)32-9-3-2-4-10-32)35-24-14-25(23(30)13-22(24)29)36-20-8-6-17-5-7-19(28)11-18(17)12-20/h5-8,11-14,16,21H,2-4,9-10H2,1H3. The first-order chi connectivity index (χ1) is 17.3. The number of likely N-dealkylation sites (tertiary alicyclic amines) is 1. The first-order valence-corrected chi connectivity index (χ1v) is 12.3. The molecule has 186 valence electrons. The van der Waals surface area contributed by atoms with E-state index in [1.807, 2.05) is 12.1 Å². The molecule has 1 saturated heterocycles. The topological polar surface area (TPSA) is 79.6 Å². The molecule has 0 N–H and O–H groups in total. The van der Waals surface area contributed by atoms with Crippen LogP contribution in [0.2, 0.25) is 10.0 Å². The van der Waals surface area contributed by atoms with Crippen molar-refractivity contribution < 1.29 is 23.5 Å². The second-order valence-corrected chi connectivity index (χ2v) is 9.42. The third kappa shape index (κ3) is 5.72. The summed E-state index contributed by atoms with van der Waals surface area (Å²) in [6, 6.07) is 14.7. The minimum atomic E-state index is -1.49. The molecular formula is C27H23Cl2FN2O4. The van der Waals surface area contributed by atoms with Crippen molar-refractivity contribution in [3.63, 3.8) is 0 Å². The summed E-state index contributed by atoms with van der Waals surface area (Å²) >= 11 is 12.2. The summed E-state index contributed by atoms with van der Waals surface area (Å²) in [5.74, 6) is -3.26. The fourth-order valence-electron chi connectivity index (χ4n) is 4.09. The molecule has 1 amide bonds. The summed E-state index contributed by atoms with van der Waals surface area (Å²) in [5.41, 5.74) is 0. The highest BCUT2D eigenvalue weighted by Crippen LogP contribution is 2.36. The number of hydrogen-bond acceptors (Lipinski definition) is 5. The Bertz CT molecular complexity index is 1350. The van der Waals surface area contributed by atoms with Crippen molar-refractivity contribution >= 4 is 45.7 Å². The Morgan fingerprint density at radius 1 is 1.00 bits per heavy atom. The lowest BCUT2D eigenvalue weighted by atomic mass is 9.99. The Hall–Kier alpha value is -3.34. The molecule has 2 atom stereocenters. The molecule has 3 aromatic rings. The van der Waals surface area contributed by atoms with E-state index in [9.17, 15) is 19.2 Å². The summed E-state index contributed by atoms with van der Waals surface area (Å²) in [7, 11) is 0. The first-order valence-electron chi connectivity index (χ1n) is 11.5. The van der Waals surface area contributed by atoms with Gasteiger partial charge in [0, 0.05) is 30.2 Å². The normalized spacial score (nSPS) is 15.1. The molecule has 0 radical (unpaired) electrons. The number of carbonyl (C=O) groups is 2. The quantitative estimate of drug-likeness (QED) is 0.324. The number of nitriles is 1. The minimum absolute atomic E-state index is 0.0140. The van der Waals surface area contributed by atoms with E-state index in [2.05, 4.69) is 0 Å². The molecule has 1 aliphatic rings. The lowest BCUT2D eigenvalue weighted by molar-refractivity contribution is -0.142. The van der Waals surface area contributed by atoms with E-state index in [-0.39, 0.29) is 16.5 Å². The molecule has 0 bridgehead atoms. The summed E-state index contributed by atoms with van der Waals surface area (Å²) in [5, 5.41) is 11.7. The second kappa shape index (κ2) is 11.2. The van der Waals surface area contributed by atoms with Gasteiger partial charge in [0.15, 0.2) is 29.4 Å². The maximum absolute atomic E-state index is 14.6. The summed E-state index contributed by atoms with van der Waals surface area (Å²) < 4.78 is 26.0. The van der Waals surface area contributed by atoms with Crippen LogP contribution in [0.3, 0.4) is 0 Å². The number of nitrogens with zero attached hydrogens (tertiary/aromatic N) is 2. The van der Waals surface area contributed by atoms with Crippen LogP contribution >= 0.6 is 23.2 Å². The van der Waals surface area contributed by atoms with Crippen molar-refractivity contribution in [1.82, 2.24) is 4.90 Å². The second-order valence-electron chi connectivity index (χ2n) is 8.58. The highest BCUT2D eigenvalue weighted by molar-refractivity contribution is 6.32. The number of ketones is 1. The van der Waals surface area contributed by atoms with Crippen LogP contribution in [-0.4, -0.2) is 35.8 Å². The molecule has 3 aromatic carbocycles. The number of halogens is 3. The SMILES string of the molecule is CC(Oc1cc(Oc2ccc3ccc(Cl)cc3c2)c(F)cc1Cl)C(=O)C(C#N)C(=O)N1CCCCC1. The van der Waals surface area contributed by atoms with E-state index in [0.29, 0.717) is 23.9 Å². The van der Waals surface area contributed by atoms with Crippen LogP contribution in [0.5, 0.6) is 17.2 Å². The van der Waals surface area contributed by atoms with E-state index in [4.69, 9.17) is 32.7 Å². The Labute approximate surface area is 218 Å². The third-order valence-corrected chi connectivity index (χ3v) is 6.55. The smallest absolute Gasteiger partial charge is 0.247 e. The molecule has 0 aromatic heterocycles. The van der Waals surface area contributed by atoms with Gasteiger partial charge in [-0.05, 0) is 61.2 Å². The van der Waals surface area contributed by atoms with Gasteiger partial charge in [-0.2, -0.15) is 5.26 Å². The van der Waals surface area contributed by atoms with Crippen LogP contribution in [0.15, 0.2) is 48.5 Å². The lowest BCUT2D eigenvalue weighted by Gasteiger charge is -2.28. The van der Waals surface area contributed by atoms with Gasteiger partial charge in [0.05, 0.1) is 11.1 Å². The van der Waals surface area contributed by atoms with Crippen molar-refractivity contribution in [2.45, 2.75) is 32.3 Å². The Balaban J connectivity index is 1.52. The number of Topliss-reactive ketones (excluding diaryl/α,β-unsaturated/α-hetero) is 1. The molecule has 1 heterocycles. The Morgan fingerprint density at radius 2 is 1.72 bits per heavy atom. The van der Waals surface area contributed by atoms with Gasteiger partial charge < -0.3 is 14.4 Å². The van der Waals surface area contributed by atoms with Gasteiger partial charge in [0.25, 0.3) is 0 Å². The molecule has 1 fully saturated rings. The van der Waals surface area contributed by atoms with Crippen molar-refractivity contribution in [2.75, 3.05) is 13.1 Å². The minimum Gasteiger partial charge on any atom is -0.481 e. The van der Waals surface area contributed by atoms with Crippen LogP contribution in [0, 0.1) is 23.1 Å². The van der Waals surface area contributed by atoms with E-state index in [1.165, 1.54) is 17.9 Å². The Kier molecular flexibility index (Phi) is 7.97. The predicted octanol–water partition coefficient (Wildman–Crippen LogP) is 6.57. The highest BCUT2D eigenvalue weighted by atomic mass is 35.5. The molecule has 0 saturated carbocycles. The van der Waals surface area contributed by atoms with E-state index in [1.54, 1.807) is 30.3 Å². The fraction of sp³-hybridized carbons (Fsp3) is 0.296. The van der Waals surface area contributed by atoms with Crippen molar-refractivity contribution in [3.05, 3.63) is 64.4 Å². The number of piperidine rings is 1. The van der Waals surface area contributed by atoms with E-state index >= 15 is 0 Å². The largest absolute Gasteiger partial charge is 0.481 e. The number of carbonyl (C=O) groups excluding carboxylic acids is 2. The van der Waals surface area contributed by atoms with Gasteiger partial charge in [-0.15, -0.1) is 0 Å². The first kappa shape index (κ1) is 25.7. The van der Waals surface area contributed by atoms with Gasteiger partial charge >= 0.3 is 0 Å². The van der Waals surface area contributed by atoms with Crippen LogP contribution in [-0.2, 0) is 9.59 Å². The average Bonchev–Trinajstić information content (AvgIpc) is 2.87. The molecular weight excluding hydrogens is 506 g/mol. The van der Waals surface area contributed by atoms with Gasteiger partial charge in [-0.1, -0.05) is 35.3 Å². The molecule has 36 heavy (non-hydrogen) atoms. The van der Waals surface area contributed by atoms with Gasteiger partial charge in [0.1, 0.15) is 11.5 Å². The predicted molar refractivity (Wildman–Crippen MR) is 135 cm³/mol. The molecule has 1 aliphatic heterocycles. The number of rotatable bonds is 7. The maximum Gasteiger partial charge on any atom is 0.247 e. The number of benzene rings is 3. The molecule has 9 heteroatoms. The molecule has 0 spiro atoms. The van der Waals surface area contributed by atoms with Crippen LogP contribution in [0.4, 0.5) is 4.39 Å². The maximum atomic E-state index is 14.6. The van der Waals surface area contributed by atoms with Crippen LogP contribution in [0.1, 0.15) is 26.2 Å². The molecule has 4 rings (SSSR count). The average molecular weight is 529 g/mol. The summed E-state index contributed by atoms with van der Waals surface area (Å²) in [6.07, 6.45) is 1.50. The number of hydrogen-bond donors (Lipinski definition) is 0. The van der Waals surface area contributed by atoms with Gasteiger partial charge in [-0.3, -0.25) is 9.59 Å². The Morgan fingerprint density at radius 3 is 2.44 bits per heavy atom. The van der Waals surface area contributed by atoms with E-state index in [0.717, 1.165) is 36.1 Å². The molecule has 0 aliphatic carbocycles. The summed E-state index contributed by atoms with van der Waals surface area (Å²) in [6.45, 7) is 2.46. The third-order valence-electron chi connectivity index (χ3n) is 6.02. The van der Waals surface area contributed by atoms with Crippen LogP contribution < -0.4 is 9.47 Å². The van der Waals surface area contributed by atoms with Crippen molar-refractivity contribution in [1.29, 1.82) is 5.26 Å². The lowest BCUT2D eigenvalue weighted by Crippen LogP contribution is -2.44. The fourth-order valence-corrected chi connectivity index (χ4v) is 4.46. The summed E-state index contributed by atoms with van der Waals surface area (Å²) in [4.78, 5) is 27.2.